The summed E-state index contributed by atoms with van der Waals surface area (Å²) in [5.74, 6) is 0.846. The van der Waals surface area contributed by atoms with Crippen molar-refractivity contribution in [2.75, 3.05) is 16.8 Å². The predicted molar refractivity (Wildman–Crippen MR) is 95.7 cm³/mol. The van der Waals surface area contributed by atoms with E-state index >= 15 is 0 Å². The smallest absolute Gasteiger partial charge is 0.270 e. The molecule has 1 aliphatic rings. The van der Waals surface area contributed by atoms with Crippen molar-refractivity contribution in [2.24, 2.45) is 0 Å². The van der Waals surface area contributed by atoms with Gasteiger partial charge in [-0.3, -0.25) is 9.59 Å². The predicted octanol–water partition coefficient (Wildman–Crippen LogP) is 2.92. The number of pyridine rings is 1. The van der Waals surface area contributed by atoms with Crippen LogP contribution >= 0.6 is 0 Å². The summed E-state index contributed by atoms with van der Waals surface area (Å²) in [4.78, 5) is 30.7. The van der Waals surface area contributed by atoms with Crippen LogP contribution in [-0.2, 0) is 9.59 Å². The summed E-state index contributed by atoms with van der Waals surface area (Å²) in [5.41, 5.74) is 0.626. The van der Waals surface area contributed by atoms with E-state index in [-0.39, 0.29) is 24.8 Å². The first-order valence-electron chi connectivity index (χ1n) is 8.20. The van der Waals surface area contributed by atoms with Crippen LogP contribution in [0.15, 0.2) is 42.6 Å². The highest BCUT2D eigenvalue weighted by atomic mass is 16.5. The minimum Gasteiger partial charge on any atom is -0.476 e. The molecule has 2 aromatic rings. The number of rotatable bonds is 4. The van der Waals surface area contributed by atoms with Crippen LogP contribution in [0.1, 0.15) is 25.8 Å². The maximum atomic E-state index is 12.7. The molecular weight excluding hydrogens is 318 g/mol. The highest BCUT2D eigenvalue weighted by Gasteiger charge is 2.40. The quantitative estimate of drug-likeness (QED) is 0.930. The van der Waals surface area contributed by atoms with Crippen LogP contribution in [0.5, 0.6) is 5.75 Å². The Morgan fingerprint density at radius 1 is 1.24 bits per heavy atom. The van der Waals surface area contributed by atoms with Crippen LogP contribution < -0.4 is 15.0 Å². The number of nitrogens with one attached hydrogen (secondary N) is 1. The Morgan fingerprint density at radius 2 is 2.00 bits per heavy atom. The second-order valence-corrected chi connectivity index (χ2v) is 6.50. The summed E-state index contributed by atoms with van der Waals surface area (Å²) in [6, 6.07) is 11.1. The first-order chi connectivity index (χ1) is 11.9. The monoisotopic (exact) mass is 339 g/mol. The molecule has 1 aromatic heterocycles. The van der Waals surface area contributed by atoms with Gasteiger partial charge in [0.05, 0.1) is 5.69 Å². The minimum absolute atomic E-state index is 0.159. The van der Waals surface area contributed by atoms with Gasteiger partial charge in [-0.25, -0.2) is 4.98 Å². The number of fused-ring (bicyclic) bond motifs is 1. The molecular formula is C19H21N3O3. The van der Waals surface area contributed by atoms with Crippen molar-refractivity contribution in [1.29, 1.82) is 0 Å². The first-order valence-corrected chi connectivity index (χ1v) is 8.20. The Labute approximate surface area is 146 Å². The van der Waals surface area contributed by atoms with E-state index in [9.17, 15) is 9.59 Å². The van der Waals surface area contributed by atoms with Gasteiger partial charge in [0.1, 0.15) is 11.6 Å². The second kappa shape index (κ2) is 6.55. The molecule has 6 nitrogen and oxygen atoms in total. The van der Waals surface area contributed by atoms with E-state index in [1.807, 2.05) is 43.3 Å². The molecule has 0 atom stereocenters. The number of carbonyl (C=O) groups excluding carboxylic acids is 2. The Morgan fingerprint density at radius 3 is 2.76 bits per heavy atom. The molecule has 130 valence electrons. The van der Waals surface area contributed by atoms with Crippen LogP contribution in [-0.4, -0.2) is 28.9 Å². The summed E-state index contributed by atoms with van der Waals surface area (Å²) in [6.45, 7) is 5.62. The van der Waals surface area contributed by atoms with Crippen molar-refractivity contribution in [1.82, 2.24) is 4.98 Å². The fourth-order valence-electron chi connectivity index (χ4n) is 2.77. The standard InChI is InChI=1S/C19H21N3O3/c1-13-7-6-11-20-17(13)21-16(23)10-12-22-14-8-4-5-9-15(14)25-19(2,3)18(22)24/h4-9,11H,10,12H2,1-3H3,(H,20,21,23). The number of hydrogen-bond donors (Lipinski definition) is 1. The molecule has 25 heavy (non-hydrogen) atoms. The summed E-state index contributed by atoms with van der Waals surface area (Å²) in [5, 5.41) is 2.79. The lowest BCUT2D eigenvalue weighted by Gasteiger charge is -2.38. The SMILES string of the molecule is Cc1cccnc1NC(=O)CCN1C(=O)C(C)(C)Oc2ccccc21. The summed E-state index contributed by atoms with van der Waals surface area (Å²) < 4.78 is 5.78. The normalized spacial score (nSPS) is 15.3. The van der Waals surface area contributed by atoms with Gasteiger partial charge < -0.3 is 15.0 Å². The number of aromatic nitrogens is 1. The molecule has 6 heteroatoms. The number of carbonyl (C=O) groups is 2. The Bertz CT molecular complexity index is 817. The lowest BCUT2D eigenvalue weighted by atomic mass is 10.0. The number of hydrogen-bond acceptors (Lipinski definition) is 4. The molecule has 0 fully saturated rings. The number of anilines is 2. The van der Waals surface area contributed by atoms with Crippen molar-refractivity contribution in [3.05, 3.63) is 48.2 Å². The third-order valence-corrected chi connectivity index (χ3v) is 4.11. The summed E-state index contributed by atoms with van der Waals surface area (Å²) >= 11 is 0. The number of nitrogens with zero attached hydrogens (tertiary/aromatic N) is 2. The fraction of sp³-hybridized carbons (Fsp3) is 0.316. The third-order valence-electron chi connectivity index (χ3n) is 4.11. The van der Waals surface area contributed by atoms with Crippen LogP contribution in [0, 0.1) is 6.92 Å². The maximum Gasteiger partial charge on any atom is 0.270 e. The van der Waals surface area contributed by atoms with Crippen molar-refractivity contribution in [3.63, 3.8) is 0 Å². The van der Waals surface area contributed by atoms with Crippen molar-refractivity contribution >= 4 is 23.3 Å². The van der Waals surface area contributed by atoms with Crippen LogP contribution in [0.3, 0.4) is 0 Å². The average Bonchev–Trinajstić information content (AvgIpc) is 2.57. The highest BCUT2D eigenvalue weighted by molar-refractivity contribution is 6.03. The molecule has 0 aliphatic carbocycles. The average molecular weight is 339 g/mol. The molecule has 1 aromatic carbocycles. The third kappa shape index (κ3) is 3.47. The van der Waals surface area contributed by atoms with E-state index in [1.54, 1.807) is 24.9 Å². The molecule has 0 saturated heterocycles. The molecule has 0 unspecified atom stereocenters. The molecule has 0 saturated carbocycles. The number of benzene rings is 1. The topological polar surface area (TPSA) is 71.5 Å². The minimum atomic E-state index is -0.956. The number of ether oxygens (including phenoxy) is 1. The maximum absolute atomic E-state index is 12.7. The molecule has 3 rings (SSSR count). The largest absolute Gasteiger partial charge is 0.476 e. The van der Waals surface area contributed by atoms with Gasteiger partial charge in [-0.05, 0) is 44.5 Å². The molecule has 0 radical (unpaired) electrons. The fourth-order valence-corrected chi connectivity index (χ4v) is 2.77. The first kappa shape index (κ1) is 17.0. The number of amides is 2. The zero-order valence-corrected chi connectivity index (χ0v) is 14.6. The summed E-state index contributed by atoms with van der Waals surface area (Å²) in [7, 11) is 0. The van der Waals surface area contributed by atoms with Gasteiger partial charge in [0.25, 0.3) is 5.91 Å². The van der Waals surface area contributed by atoms with Gasteiger partial charge in [-0.2, -0.15) is 0 Å². The van der Waals surface area contributed by atoms with Crippen molar-refractivity contribution in [3.8, 4) is 5.75 Å². The molecule has 1 aliphatic heterocycles. The molecule has 1 N–H and O–H groups in total. The van der Waals surface area contributed by atoms with Crippen molar-refractivity contribution < 1.29 is 14.3 Å². The zero-order valence-electron chi connectivity index (χ0n) is 14.6. The van der Waals surface area contributed by atoms with Gasteiger partial charge in [-0.1, -0.05) is 18.2 Å². The lowest BCUT2D eigenvalue weighted by molar-refractivity contribution is -0.132. The number of para-hydroxylation sites is 2. The van der Waals surface area contributed by atoms with E-state index in [0.29, 0.717) is 17.3 Å². The molecule has 0 bridgehead atoms. The molecule has 2 heterocycles. The van der Waals surface area contributed by atoms with Gasteiger partial charge in [-0.15, -0.1) is 0 Å². The Hall–Kier alpha value is -2.89. The van der Waals surface area contributed by atoms with Crippen LogP contribution in [0.4, 0.5) is 11.5 Å². The molecule has 0 spiro atoms. The van der Waals surface area contributed by atoms with E-state index in [0.717, 1.165) is 5.56 Å². The van der Waals surface area contributed by atoms with E-state index in [1.165, 1.54) is 0 Å². The van der Waals surface area contributed by atoms with E-state index < -0.39 is 5.60 Å². The second-order valence-electron chi connectivity index (χ2n) is 6.50. The van der Waals surface area contributed by atoms with Gasteiger partial charge in [0, 0.05) is 19.2 Å². The van der Waals surface area contributed by atoms with Gasteiger partial charge in [0.15, 0.2) is 5.60 Å². The van der Waals surface area contributed by atoms with Crippen LogP contribution in [0.2, 0.25) is 0 Å². The lowest BCUT2D eigenvalue weighted by Crippen LogP contribution is -2.53. The Kier molecular flexibility index (Phi) is 4.44. The number of aryl methyl sites for hydroxylation is 1. The van der Waals surface area contributed by atoms with E-state index in [4.69, 9.17) is 4.74 Å². The zero-order chi connectivity index (χ0) is 18.0. The Balaban J connectivity index is 1.73. The van der Waals surface area contributed by atoms with Crippen molar-refractivity contribution in [2.45, 2.75) is 32.8 Å². The van der Waals surface area contributed by atoms with Gasteiger partial charge >= 0.3 is 0 Å². The van der Waals surface area contributed by atoms with E-state index in [2.05, 4.69) is 10.3 Å². The van der Waals surface area contributed by atoms with Gasteiger partial charge in [0.2, 0.25) is 5.91 Å². The van der Waals surface area contributed by atoms with Crippen LogP contribution in [0.25, 0.3) is 0 Å². The highest BCUT2D eigenvalue weighted by Crippen LogP contribution is 2.37. The summed E-state index contributed by atoms with van der Waals surface area (Å²) in [6.07, 6.45) is 1.80. The molecule has 2 amide bonds.